The number of rotatable bonds is 4. The fraction of sp³-hybridized carbons (Fsp3) is 0.450. The molecule has 8 heteroatoms. The topological polar surface area (TPSA) is 66.5 Å². The zero-order chi connectivity index (χ0) is 19.7. The molecule has 1 aliphatic carbocycles. The predicted octanol–water partition coefficient (Wildman–Crippen LogP) is 4.11. The highest BCUT2D eigenvalue weighted by atomic mass is 79.9. The minimum absolute atomic E-state index is 0.0256. The summed E-state index contributed by atoms with van der Waals surface area (Å²) in [7, 11) is -3.55. The van der Waals surface area contributed by atoms with Gasteiger partial charge < -0.3 is 5.32 Å². The van der Waals surface area contributed by atoms with E-state index in [2.05, 4.69) is 33.4 Å². The lowest BCUT2D eigenvalue weighted by molar-refractivity contribution is -0.127. The quantitative estimate of drug-likeness (QED) is 0.712. The summed E-state index contributed by atoms with van der Waals surface area (Å²) >= 11 is 4.53. The Hall–Kier alpha value is -1.22. The van der Waals surface area contributed by atoms with Crippen LogP contribution in [0.5, 0.6) is 0 Å². The number of sulfonamides is 1. The maximum absolute atomic E-state index is 13.0. The van der Waals surface area contributed by atoms with E-state index >= 15 is 0 Å². The van der Waals surface area contributed by atoms with Gasteiger partial charge in [-0.2, -0.15) is 4.31 Å². The van der Waals surface area contributed by atoms with Crippen molar-refractivity contribution in [3.05, 3.63) is 51.3 Å². The van der Waals surface area contributed by atoms with Gasteiger partial charge in [0.05, 0.1) is 15.7 Å². The number of aryl methyl sites for hydroxylation is 1. The highest BCUT2D eigenvalue weighted by molar-refractivity contribution is 9.11. The number of carbonyl (C=O) groups is 1. The van der Waals surface area contributed by atoms with E-state index in [0.29, 0.717) is 17.2 Å². The van der Waals surface area contributed by atoms with Crippen LogP contribution < -0.4 is 5.32 Å². The molecule has 1 aliphatic heterocycles. The molecule has 1 aromatic heterocycles. The summed E-state index contributed by atoms with van der Waals surface area (Å²) in [5, 5.41) is 3.20. The van der Waals surface area contributed by atoms with Gasteiger partial charge >= 0.3 is 0 Å². The zero-order valence-electron chi connectivity index (χ0n) is 15.4. The van der Waals surface area contributed by atoms with Crippen molar-refractivity contribution in [2.75, 3.05) is 13.1 Å². The Morgan fingerprint density at radius 2 is 1.96 bits per heavy atom. The summed E-state index contributed by atoms with van der Waals surface area (Å²) in [5.74, 6) is -0.338. The molecule has 4 rings (SSSR count). The molecule has 0 radical (unpaired) electrons. The molecule has 2 heterocycles. The number of amides is 1. The van der Waals surface area contributed by atoms with Crippen molar-refractivity contribution < 1.29 is 13.2 Å². The molecule has 1 aromatic carbocycles. The number of halogens is 1. The Morgan fingerprint density at radius 1 is 1.14 bits per heavy atom. The van der Waals surface area contributed by atoms with Gasteiger partial charge in [0.25, 0.3) is 10.0 Å². The van der Waals surface area contributed by atoms with E-state index in [1.807, 2.05) is 12.1 Å². The molecule has 1 saturated heterocycles. The van der Waals surface area contributed by atoms with Gasteiger partial charge in [0.2, 0.25) is 5.91 Å². The molecule has 2 aromatic rings. The summed E-state index contributed by atoms with van der Waals surface area (Å²) in [6.45, 7) is 0.714. The predicted molar refractivity (Wildman–Crippen MR) is 114 cm³/mol. The molecule has 28 heavy (non-hydrogen) atoms. The lowest BCUT2D eigenvalue weighted by Crippen LogP contribution is -2.46. The van der Waals surface area contributed by atoms with E-state index in [-0.39, 0.29) is 24.4 Å². The van der Waals surface area contributed by atoms with Crippen molar-refractivity contribution in [3.63, 3.8) is 0 Å². The summed E-state index contributed by atoms with van der Waals surface area (Å²) in [6, 6.07) is 11.7. The van der Waals surface area contributed by atoms with Gasteiger partial charge in [0.1, 0.15) is 4.21 Å². The van der Waals surface area contributed by atoms with Crippen molar-refractivity contribution >= 4 is 43.2 Å². The van der Waals surface area contributed by atoms with Gasteiger partial charge in [-0.25, -0.2) is 8.42 Å². The van der Waals surface area contributed by atoms with Crippen LogP contribution in [0.2, 0.25) is 0 Å². The molecule has 2 aliphatic rings. The van der Waals surface area contributed by atoms with E-state index < -0.39 is 10.0 Å². The van der Waals surface area contributed by atoms with Gasteiger partial charge in [0.15, 0.2) is 0 Å². The van der Waals surface area contributed by atoms with Crippen LogP contribution >= 0.6 is 27.3 Å². The fourth-order valence-electron chi connectivity index (χ4n) is 4.13. The average Bonchev–Trinajstić information content (AvgIpc) is 3.15. The molecule has 5 nitrogen and oxygen atoms in total. The number of benzene rings is 1. The van der Waals surface area contributed by atoms with E-state index in [0.717, 1.165) is 29.5 Å². The summed E-state index contributed by atoms with van der Waals surface area (Å²) in [4.78, 5) is 13.0. The first kappa shape index (κ1) is 20.1. The summed E-state index contributed by atoms with van der Waals surface area (Å²) < 4.78 is 28.4. The molecular formula is C20H23BrN2O3S2. The number of fused-ring (bicyclic) bond motifs is 1. The lowest BCUT2D eigenvalue weighted by Gasteiger charge is -2.33. The third-order valence-corrected chi connectivity index (χ3v) is 9.54. The summed E-state index contributed by atoms with van der Waals surface area (Å²) in [5.41, 5.74) is 2.50. The first-order valence-corrected chi connectivity index (χ1v) is 12.6. The number of nitrogens with one attached hydrogen (secondary N) is 1. The second-order valence-electron chi connectivity index (χ2n) is 7.41. The molecule has 0 saturated carbocycles. The molecule has 1 N–H and O–H groups in total. The number of thiophene rings is 1. The second-order valence-corrected chi connectivity index (χ2v) is 12.0. The zero-order valence-corrected chi connectivity index (χ0v) is 18.7. The number of nitrogens with zero attached hydrogens (tertiary/aromatic N) is 1. The average molecular weight is 483 g/mol. The van der Waals surface area contributed by atoms with Crippen LogP contribution in [0.15, 0.2) is 44.4 Å². The van der Waals surface area contributed by atoms with Gasteiger partial charge in [-0.3, -0.25) is 4.79 Å². The van der Waals surface area contributed by atoms with E-state index in [1.165, 1.54) is 26.8 Å². The van der Waals surface area contributed by atoms with Crippen LogP contribution in [0.4, 0.5) is 0 Å². The van der Waals surface area contributed by atoms with Crippen LogP contribution in [0.1, 0.15) is 42.9 Å². The normalized spacial score (nSPS) is 23.2. The molecule has 1 fully saturated rings. The van der Waals surface area contributed by atoms with Gasteiger partial charge in [-0.05, 0) is 71.3 Å². The second kappa shape index (κ2) is 8.26. The molecular weight excluding hydrogens is 460 g/mol. The SMILES string of the molecule is O=C(N[C@@H]1CCCc2ccccc21)[C@@H]1CCCN(S(=O)(=O)c2ccc(Br)s2)C1. The minimum Gasteiger partial charge on any atom is -0.349 e. The number of hydrogen-bond acceptors (Lipinski definition) is 4. The van der Waals surface area contributed by atoms with E-state index in [1.54, 1.807) is 12.1 Å². The standard InChI is InChI=1S/C20H23BrN2O3S2/c21-18-10-11-19(27-18)28(25,26)23-12-4-7-15(13-23)20(24)22-17-9-3-6-14-5-1-2-8-16(14)17/h1-2,5,8,10-11,15,17H,3-4,6-7,9,12-13H2,(H,22,24)/t15-,17-/m1/s1. The van der Waals surface area contributed by atoms with Gasteiger partial charge in [-0.1, -0.05) is 24.3 Å². The molecule has 1 amide bonds. The molecule has 0 spiro atoms. The molecule has 2 atom stereocenters. The molecule has 0 bridgehead atoms. The third kappa shape index (κ3) is 4.06. The van der Waals surface area contributed by atoms with Crippen LogP contribution in [0, 0.1) is 5.92 Å². The summed E-state index contributed by atoms with van der Waals surface area (Å²) in [6.07, 6.45) is 4.46. The van der Waals surface area contributed by atoms with Crippen LogP contribution in [0.3, 0.4) is 0 Å². The van der Waals surface area contributed by atoms with Crippen molar-refractivity contribution in [1.29, 1.82) is 0 Å². The fourth-order valence-corrected chi connectivity index (χ4v) is 7.82. The first-order valence-electron chi connectivity index (χ1n) is 9.59. The van der Waals surface area contributed by atoms with Crippen LogP contribution in [-0.2, 0) is 21.2 Å². The highest BCUT2D eigenvalue weighted by Crippen LogP contribution is 2.32. The van der Waals surface area contributed by atoms with Gasteiger partial charge in [0, 0.05) is 13.1 Å². The van der Waals surface area contributed by atoms with Crippen molar-refractivity contribution in [3.8, 4) is 0 Å². The number of hydrogen-bond donors (Lipinski definition) is 1. The Kier molecular flexibility index (Phi) is 5.92. The van der Waals surface area contributed by atoms with E-state index in [9.17, 15) is 13.2 Å². The van der Waals surface area contributed by atoms with E-state index in [4.69, 9.17) is 0 Å². The number of piperidine rings is 1. The highest BCUT2D eigenvalue weighted by Gasteiger charge is 2.35. The molecule has 150 valence electrons. The van der Waals surface area contributed by atoms with Crippen molar-refractivity contribution in [1.82, 2.24) is 9.62 Å². The monoisotopic (exact) mass is 482 g/mol. The maximum Gasteiger partial charge on any atom is 0.252 e. The first-order chi connectivity index (χ1) is 13.4. The van der Waals surface area contributed by atoms with Crippen molar-refractivity contribution in [2.45, 2.75) is 42.4 Å². The van der Waals surface area contributed by atoms with Crippen LogP contribution in [-0.4, -0.2) is 31.7 Å². The molecule has 0 unspecified atom stereocenters. The Labute approximate surface area is 178 Å². The van der Waals surface area contributed by atoms with Crippen molar-refractivity contribution in [2.24, 2.45) is 5.92 Å². The number of carbonyl (C=O) groups excluding carboxylic acids is 1. The Morgan fingerprint density at radius 3 is 2.75 bits per heavy atom. The smallest absolute Gasteiger partial charge is 0.252 e. The maximum atomic E-state index is 13.0. The largest absolute Gasteiger partial charge is 0.349 e. The minimum atomic E-state index is -3.55. The Balaban J connectivity index is 1.46. The van der Waals surface area contributed by atoms with Crippen LogP contribution in [0.25, 0.3) is 0 Å². The lowest BCUT2D eigenvalue weighted by atomic mass is 9.87. The third-order valence-electron chi connectivity index (χ3n) is 5.58. The van der Waals surface area contributed by atoms with Gasteiger partial charge in [-0.15, -0.1) is 11.3 Å². The Bertz CT molecular complexity index is 973.